The van der Waals surface area contributed by atoms with Crippen LogP contribution in [0.3, 0.4) is 0 Å². The van der Waals surface area contributed by atoms with Crippen LogP contribution < -0.4 is 5.32 Å². The summed E-state index contributed by atoms with van der Waals surface area (Å²) in [5.74, 6) is -0.120. The van der Waals surface area contributed by atoms with Crippen molar-refractivity contribution in [2.75, 3.05) is 27.2 Å². The molecule has 1 unspecified atom stereocenters. The molecule has 0 spiro atoms. The summed E-state index contributed by atoms with van der Waals surface area (Å²) in [4.78, 5) is 27.4. The minimum atomic E-state index is -0.538. The van der Waals surface area contributed by atoms with E-state index in [0.717, 1.165) is 11.1 Å². The van der Waals surface area contributed by atoms with E-state index in [-0.39, 0.29) is 11.9 Å². The first-order valence-electron chi connectivity index (χ1n) is 6.33. The minimum Gasteiger partial charge on any atom is -0.352 e. The van der Waals surface area contributed by atoms with Crippen LogP contribution in [0.25, 0.3) is 0 Å². The predicted molar refractivity (Wildman–Crippen MR) is 72.7 cm³/mol. The van der Waals surface area contributed by atoms with Gasteiger partial charge in [0.1, 0.15) is 6.04 Å². The second-order valence-corrected chi connectivity index (χ2v) is 4.97. The molecule has 1 aromatic carbocycles. The SMILES string of the molecule is Cc1ccc(C2C(=O)NCCN2C(=O)N(C)C)cc1. The molecule has 5 heteroatoms. The molecule has 19 heavy (non-hydrogen) atoms. The van der Waals surface area contributed by atoms with Crippen LogP contribution in [0.2, 0.25) is 0 Å². The van der Waals surface area contributed by atoms with Crippen LogP contribution in [0.4, 0.5) is 4.79 Å². The zero-order chi connectivity index (χ0) is 14.0. The molecule has 1 N–H and O–H groups in total. The fourth-order valence-electron chi connectivity index (χ4n) is 2.21. The van der Waals surface area contributed by atoms with Crippen molar-refractivity contribution in [1.29, 1.82) is 0 Å². The van der Waals surface area contributed by atoms with Crippen LogP contribution in [0, 0.1) is 6.92 Å². The van der Waals surface area contributed by atoms with Gasteiger partial charge < -0.3 is 15.1 Å². The Bertz CT molecular complexity index is 482. The van der Waals surface area contributed by atoms with E-state index in [1.165, 1.54) is 4.90 Å². The summed E-state index contributed by atoms with van der Waals surface area (Å²) in [5.41, 5.74) is 1.98. The third-order valence-corrected chi connectivity index (χ3v) is 3.23. The molecule has 1 aliphatic heterocycles. The Morgan fingerprint density at radius 1 is 1.32 bits per heavy atom. The van der Waals surface area contributed by atoms with Crippen molar-refractivity contribution in [3.05, 3.63) is 35.4 Å². The zero-order valence-electron chi connectivity index (χ0n) is 11.5. The highest BCUT2D eigenvalue weighted by Crippen LogP contribution is 2.24. The van der Waals surface area contributed by atoms with Crippen molar-refractivity contribution in [2.24, 2.45) is 0 Å². The molecule has 0 bridgehead atoms. The maximum absolute atomic E-state index is 12.2. The number of benzene rings is 1. The van der Waals surface area contributed by atoms with Gasteiger partial charge in [-0.1, -0.05) is 29.8 Å². The predicted octanol–water partition coefficient (Wildman–Crippen LogP) is 1.15. The number of urea groups is 1. The summed E-state index contributed by atoms with van der Waals surface area (Å²) in [6, 6.07) is 7.04. The summed E-state index contributed by atoms with van der Waals surface area (Å²) in [7, 11) is 3.39. The van der Waals surface area contributed by atoms with Gasteiger partial charge in [0.2, 0.25) is 5.91 Å². The second-order valence-electron chi connectivity index (χ2n) is 4.97. The van der Waals surface area contributed by atoms with E-state index in [9.17, 15) is 9.59 Å². The van der Waals surface area contributed by atoms with Gasteiger partial charge >= 0.3 is 6.03 Å². The Labute approximate surface area is 113 Å². The molecule has 1 fully saturated rings. The van der Waals surface area contributed by atoms with Crippen molar-refractivity contribution in [3.63, 3.8) is 0 Å². The number of nitrogens with one attached hydrogen (secondary N) is 1. The van der Waals surface area contributed by atoms with Gasteiger partial charge in [0.25, 0.3) is 0 Å². The standard InChI is InChI=1S/C14H19N3O2/c1-10-4-6-11(7-5-10)12-13(18)15-8-9-17(12)14(19)16(2)3/h4-7,12H,8-9H2,1-3H3,(H,15,18). The third kappa shape index (κ3) is 2.70. The number of hydrogen-bond acceptors (Lipinski definition) is 2. The zero-order valence-corrected chi connectivity index (χ0v) is 11.5. The Morgan fingerprint density at radius 2 is 1.95 bits per heavy atom. The first-order chi connectivity index (χ1) is 9.00. The monoisotopic (exact) mass is 261 g/mol. The molecule has 0 aromatic heterocycles. The molecule has 1 aromatic rings. The lowest BCUT2D eigenvalue weighted by Gasteiger charge is -2.36. The van der Waals surface area contributed by atoms with Gasteiger partial charge in [0.05, 0.1) is 0 Å². The van der Waals surface area contributed by atoms with Crippen LogP contribution in [0.15, 0.2) is 24.3 Å². The van der Waals surface area contributed by atoms with Gasteiger partial charge in [-0.05, 0) is 12.5 Å². The summed E-state index contributed by atoms with van der Waals surface area (Å²) < 4.78 is 0. The molecule has 0 aliphatic carbocycles. The smallest absolute Gasteiger partial charge is 0.320 e. The normalized spacial score (nSPS) is 19.0. The van der Waals surface area contributed by atoms with Crippen molar-refractivity contribution in [2.45, 2.75) is 13.0 Å². The molecule has 1 aliphatic rings. The van der Waals surface area contributed by atoms with Crippen LogP contribution >= 0.6 is 0 Å². The lowest BCUT2D eigenvalue weighted by Crippen LogP contribution is -2.54. The van der Waals surface area contributed by atoms with Crippen molar-refractivity contribution >= 4 is 11.9 Å². The number of piperazine rings is 1. The number of hydrogen-bond donors (Lipinski definition) is 1. The molecule has 2 rings (SSSR count). The summed E-state index contributed by atoms with van der Waals surface area (Å²) in [5, 5.41) is 2.82. The Kier molecular flexibility index (Phi) is 3.74. The molecule has 0 radical (unpaired) electrons. The Balaban J connectivity index is 2.33. The van der Waals surface area contributed by atoms with Crippen LogP contribution in [-0.4, -0.2) is 48.9 Å². The van der Waals surface area contributed by atoms with Gasteiger partial charge in [0, 0.05) is 27.2 Å². The molecule has 102 valence electrons. The van der Waals surface area contributed by atoms with Gasteiger partial charge in [-0.3, -0.25) is 4.79 Å². The molecular weight excluding hydrogens is 242 g/mol. The Hall–Kier alpha value is -2.04. The van der Waals surface area contributed by atoms with Gasteiger partial charge in [-0.2, -0.15) is 0 Å². The second kappa shape index (κ2) is 5.30. The highest BCUT2D eigenvalue weighted by atomic mass is 16.2. The van der Waals surface area contributed by atoms with E-state index in [4.69, 9.17) is 0 Å². The lowest BCUT2D eigenvalue weighted by atomic mass is 10.0. The van der Waals surface area contributed by atoms with E-state index in [1.807, 2.05) is 31.2 Å². The highest BCUT2D eigenvalue weighted by Gasteiger charge is 2.34. The fraction of sp³-hybridized carbons (Fsp3) is 0.429. The van der Waals surface area contributed by atoms with Crippen LogP contribution in [0.5, 0.6) is 0 Å². The largest absolute Gasteiger partial charge is 0.352 e. The first-order valence-corrected chi connectivity index (χ1v) is 6.33. The average molecular weight is 261 g/mol. The molecular formula is C14H19N3O2. The maximum atomic E-state index is 12.2. The Morgan fingerprint density at radius 3 is 2.53 bits per heavy atom. The van der Waals surface area contributed by atoms with Crippen LogP contribution in [0.1, 0.15) is 17.2 Å². The number of nitrogens with zero attached hydrogens (tertiary/aromatic N) is 2. The number of carbonyl (C=O) groups excluding carboxylic acids is 2. The number of carbonyl (C=O) groups is 2. The summed E-state index contributed by atoms with van der Waals surface area (Å²) in [6.45, 7) is 3.02. The quantitative estimate of drug-likeness (QED) is 0.824. The minimum absolute atomic E-state index is 0.120. The van der Waals surface area contributed by atoms with E-state index in [0.29, 0.717) is 13.1 Å². The average Bonchev–Trinajstić information content (AvgIpc) is 2.39. The molecule has 0 saturated carbocycles. The van der Waals surface area contributed by atoms with Crippen molar-refractivity contribution < 1.29 is 9.59 Å². The molecule has 3 amide bonds. The molecule has 1 heterocycles. The number of aryl methyl sites for hydroxylation is 1. The molecule has 1 atom stereocenters. The highest BCUT2D eigenvalue weighted by molar-refractivity contribution is 5.89. The summed E-state index contributed by atoms with van der Waals surface area (Å²) >= 11 is 0. The van der Waals surface area contributed by atoms with E-state index >= 15 is 0 Å². The number of amides is 3. The van der Waals surface area contributed by atoms with Gasteiger partial charge in [-0.15, -0.1) is 0 Å². The molecule has 1 saturated heterocycles. The fourth-order valence-corrected chi connectivity index (χ4v) is 2.21. The van der Waals surface area contributed by atoms with Gasteiger partial charge in [0.15, 0.2) is 0 Å². The first kappa shape index (κ1) is 13.4. The van der Waals surface area contributed by atoms with Crippen LogP contribution in [-0.2, 0) is 4.79 Å². The van der Waals surface area contributed by atoms with Gasteiger partial charge in [-0.25, -0.2) is 4.79 Å². The third-order valence-electron chi connectivity index (χ3n) is 3.23. The maximum Gasteiger partial charge on any atom is 0.320 e. The van der Waals surface area contributed by atoms with E-state index in [1.54, 1.807) is 19.0 Å². The topological polar surface area (TPSA) is 52.7 Å². The van der Waals surface area contributed by atoms with Crippen molar-refractivity contribution in [1.82, 2.24) is 15.1 Å². The van der Waals surface area contributed by atoms with E-state index < -0.39 is 6.04 Å². The van der Waals surface area contributed by atoms with E-state index in [2.05, 4.69) is 5.32 Å². The summed E-state index contributed by atoms with van der Waals surface area (Å²) in [6.07, 6.45) is 0. The number of rotatable bonds is 1. The molecule has 5 nitrogen and oxygen atoms in total. The lowest BCUT2D eigenvalue weighted by molar-refractivity contribution is -0.128. The van der Waals surface area contributed by atoms with Crippen molar-refractivity contribution in [3.8, 4) is 0 Å².